The second-order valence-electron chi connectivity index (χ2n) is 9.54. The number of carboxylic acid groups (broad SMARTS) is 1. The summed E-state index contributed by atoms with van der Waals surface area (Å²) in [5, 5.41) is 15.5. The average molecular weight is 485 g/mol. The number of carbonyl (C=O) groups excluding carboxylic acids is 1. The summed E-state index contributed by atoms with van der Waals surface area (Å²) in [4.78, 5) is 36.9. The highest BCUT2D eigenvalue weighted by Crippen LogP contribution is 2.29. The standard InChI is InChI=1S/C25H33FN6O3/c1-31-11-9-21(10-12-31)32(2)23(33)16-3-6-19(7-4-16)29-25-27-15-18(14-26)22(30-25)28-20-8-5-17(13-20)24(34)35/h3-4,6-7,15,17,20-21H,5,8-14H2,1-2H3,(H,34,35)(H2,27,28,29,30)/t17-,20+/m0/s1. The number of aliphatic carboxylic acids is 1. The number of benzene rings is 1. The van der Waals surface area contributed by atoms with Gasteiger partial charge in [0.05, 0.1) is 5.92 Å². The van der Waals surface area contributed by atoms with Crippen molar-refractivity contribution in [3.05, 3.63) is 41.6 Å². The van der Waals surface area contributed by atoms with E-state index >= 15 is 0 Å². The summed E-state index contributed by atoms with van der Waals surface area (Å²) in [6, 6.07) is 7.31. The summed E-state index contributed by atoms with van der Waals surface area (Å²) in [6.07, 6.45) is 5.13. The molecule has 4 rings (SSSR count). The number of rotatable bonds is 8. The first-order valence-corrected chi connectivity index (χ1v) is 12.1. The fraction of sp³-hybridized carbons (Fsp3) is 0.520. The van der Waals surface area contributed by atoms with Crippen molar-refractivity contribution in [2.75, 3.05) is 37.8 Å². The highest BCUT2D eigenvalue weighted by Gasteiger charge is 2.30. The number of nitrogens with zero attached hydrogens (tertiary/aromatic N) is 4. The van der Waals surface area contributed by atoms with E-state index in [0.29, 0.717) is 47.8 Å². The van der Waals surface area contributed by atoms with Gasteiger partial charge in [-0.15, -0.1) is 0 Å². The van der Waals surface area contributed by atoms with Crippen LogP contribution in [0.25, 0.3) is 0 Å². The van der Waals surface area contributed by atoms with Crippen molar-refractivity contribution < 1.29 is 19.1 Å². The van der Waals surface area contributed by atoms with Crippen LogP contribution in [0.3, 0.4) is 0 Å². The van der Waals surface area contributed by atoms with E-state index in [4.69, 9.17) is 0 Å². The van der Waals surface area contributed by atoms with Gasteiger partial charge in [-0.05, 0) is 76.5 Å². The van der Waals surface area contributed by atoms with Crippen molar-refractivity contribution in [1.29, 1.82) is 0 Å². The molecule has 10 heteroatoms. The predicted octanol–water partition coefficient (Wildman–Crippen LogP) is 3.52. The highest BCUT2D eigenvalue weighted by atomic mass is 19.1. The minimum atomic E-state index is -0.801. The Morgan fingerprint density at radius 2 is 1.89 bits per heavy atom. The van der Waals surface area contributed by atoms with E-state index in [1.807, 2.05) is 11.9 Å². The molecule has 0 spiro atoms. The molecule has 9 nitrogen and oxygen atoms in total. The van der Waals surface area contributed by atoms with Crippen LogP contribution in [0.4, 0.5) is 21.8 Å². The molecule has 2 aromatic rings. The maximum absolute atomic E-state index is 13.5. The Morgan fingerprint density at radius 1 is 1.17 bits per heavy atom. The second-order valence-corrected chi connectivity index (χ2v) is 9.54. The summed E-state index contributed by atoms with van der Waals surface area (Å²) >= 11 is 0. The van der Waals surface area contributed by atoms with E-state index in [1.54, 1.807) is 24.3 Å². The number of hydrogen-bond donors (Lipinski definition) is 3. The van der Waals surface area contributed by atoms with Gasteiger partial charge in [-0.2, -0.15) is 4.98 Å². The lowest BCUT2D eigenvalue weighted by atomic mass is 10.0. The number of hydrogen-bond acceptors (Lipinski definition) is 7. The number of nitrogens with one attached hydrogen (secondary N) is 2. The van der Waals surface area contributed by atoms with Crippen LogP contribution in [0.2, 0.25) is 0 Å². The first-order chi connectivity index (χ1) is 16.8. The number of halogens is 1. The molecular formula is C25H33FN6O3. The van der Waals surface area contributed by atoms with Crippen molar-refractivity contribution in [1.82, 2.24) is 19.8 Å². The van der Waals surface area contributed by atoms with E-state index in [9.17, 15) is 19.1 Å². The molecule has 2 aliphatic rings. The Kier molecular flexibility index (Phi) is 7.80. The molecule has 188 valence electrons. The molecule has 1 aliphatic heterocycles. The van der Waals surface area contributed by atoms with Gasteiger partial charge in [0.1, 0.15) is 12.5 Å². The molecule has 2 atom stereocenters. The lowest BCUT2D eigenvalue weighted by molar-refractivity contribution is -0.141. The van der Waals surface area contributed by atoms with Gasteiger partial charge in [0.2, 0.25) is 5.95 Å². The van der Waals surface area contributed by atoms with Crippen LogP contribution in [-0.2, 0) is 11.5 Å². The van der Waals surface area contributed by atoms with Crippen LogP contribution in [0.1, 0.15) is 48.0 Å². The molecule has 1 amide bonds. The third-order valence-corrected chi connectivity index (χ3v) is 7.08. The number of aromatic nitrogens is 2. The molecule has 2 fully saturated rings. The maximum Gasteiger partial charge on any atom is 0.306 e. The number of alkyl halides is 1. The van der Waals surface area contributed by atoms with Gasteiger partial charge in [0.15, 0.2) is 0 Å². The molecule has 0 radical (unpaired) electrons. The van der Waals surface area contributed by atoms with Crippen LogP contribution in [0.5, 0.6) is 0 Å². The van der Waals surface area contributed by atoms with Gasteiger partial charge >= 0.3 is 5.97 Å². The largest absolute Gasteiger partial charge is 0.481 e. The van der Waals surface area contributed by atoms with Gasteiger partial charge in [-0.25, -0.2) is 9.37 Å². The monoisotopic (exact) mass is 484 g/mol. The fourth-order valence-electron chi connectivity index (χ4n) is 4.80. The molecule has 35 heavy (non-hydrogen) atoms. The summed E-state index contributed by atoms with van der Waals surface area (Å²) in [6.45, 7) is 1.26. The number of amides is 1. The van der Waals surface area contributed by atoms with Crippen molar-refractivity contribution in [3.63, 3.8) is 0 Å². The molecule has 1 saturated heterocycles. The highest BCUT2D eigenvalue weighted by molar-refractivity contribution is 5.94. The SMILES string of the molecule is CN1CCC(N(C)C(=O)c2ccc(Nc3ncc(CF)c(N[C@@H]4CC[C@H](C(=O)O)C4)n3)cc2)CC1. The van der Waals surface area contributed by atoms with E-state index < -0.39 is 12.6 Å². The Hall–Kier alpha value is -3.27. The zero-order chi connectivity index (χ0) is 24.9. The van der Waals surface area contributed by atoms with Crippen LogP contribution < -0.4 is 10.6 Å². The van der Waals surface area contributed by atoms with Gasteiger partial charge in [-0.1, -0.05) is 0 Å². The zero-order valence-electron chi connectivity index (χ0n) is 20.2. The van der Waals surface area contributed by atoms with Crippen LogP contribution >= 0.6 is 0 Å². The van der Waals surface area contributed by atoms with Crippen LogP contribution in [-0.4, -0.2) is 76.0 Å². The second kappa shape index (κ2) is 11.0. The van der Waals surface area contributed by atoms with Crippen LogP contribution in [0.15, 0.2) is 30.5 Å². The summed E-state index contributed by atoms with van der Waals surface area (Å²) < 4.78 is 13.5. The first-order valence-electron chi connectivity index (χ1n) is 12.1. The van der Waals surface area contributed by atoms with Gasteiger partial charge in [0.25, 0.3) is 5.91 Å². The Labute approximate surface area is 204 Å². The number of likely N-dealkylation sites (tertiary alicyclic amines) is 1. The number of anilines is 3. The number of carboxylic acids is 1. The predicted molar refractivity (Wildman–Crippen MR) is 132 cm³/mol. The van der Waals surface area contributed by atoms with E-state index in [-0.39, 0.29) is 23.9 Å². The smallest absolute Gasteiger partial charge is 0.306 e. The van der Waals surface area contributed by atoms with Crippen molar-refractivity contribution in [2.24, 2.45) is 5.92 Å². The van der Waals surface area contributed by atoms with Gasteiger partial charge < -0.3 is 25.5 Å². The molecule has 3 N–H and O–H groups in total. The van der Waals surface area contributed by atoms with Crippen molar-refractivity contribution >= 4 is 29.3 Å². The molecule has 1 saturated carbocycles. The quantitative estimate of drug-likeness (QED) is 0.522. The summed E-state index contributed by atoms with van der Waals surface area (Å²) in [5.41, 5.74) is 1.64. The molecule has 0 unspecified atom stereocenters. The van der Waals surface area contributed by atoms with Gasteiger partial charge in [-0.3, -0.25) is 9.59 Å². The average Bonchev–Trinajstić information content (AvgIpc) is 3.33. The van der Waals surface area contributed by atoms with Crippen molar-refractivity contribution in [3.8, 4) is 0 Å². The molecule has 1 aromatic heterocycles. The molecule has 0 bridgehead atoms. The minimum absolute atomic E-state index is 0.00244. The fourth-order valence-corrected chi connectivity index (χ4v) is 4.80. The molecule has 1 aromatic carbocycles. The maximum atomic E-state index is 13.5. The molecule has 1 aliphatic carbocycles. The minimum Gasteiger partial charge on any atom is -0.481 e. The normalized spacial score (nSPS) is 21.0. The van der Waals surface area contributed by atoms with Crippen LogP contribution in [0, 0.1) is 5.92 Å². The Morgan fingerprint density at radius 3 is 2.51 bits per heavy atom. The summed E-state index contributed by atoms with van der Waals surface area (Å²) in [5.74, 6) is -0.532. The number of carbonyl (C=O) groups is 2. The van der Waals surface area contributed by atoms with E-state index in [1.165, 1.54) is 6.20 Å². The first kappa shape index (κ1) is 24.8. The van der Waals surface area contributed by atoms with Crippen molar-refractivity contribution in [2.45, 2.75) is 50.9 Å². The lowest BCUT2D eigenvalue weighted by Crippen LogP contribution is -2.44. The zero-order valence-corrected chi connectivity index (χ0v) is 20.2. The number of piperidine rings is 1. The van der Waals surface area contributed by atoms with E-state index in [2.05, 4.69) is 32.5 Å². The Balaban J connectivity index is 1.39. The molecule has 2 heterocycles. The summed E-state index contributed by atoms with van der Waals surface area (Å²) in [7, 11) is 3.96. The third kappa shape index (κ3) is 6.05. The Bertz CT molecular complexity index is 1040. The molecular weight excluding hydrogens is 451 g/mol. The lowest BCUT2D eigenvalue weighted by Gasteiger charge is -2.35. The topological polar surface area (TPSA) is 111 Å². The third-order valence-electron chi connectivity index (χ3n) is 7.08. The van der Waals surface area contributed by atoms with E-state index in [0.717, 1.165) is 25.9 Å². The van der Waals surface area contributed by atoms with Gasteiger partial charge in [0, 0.05) is 42.1 Å².